The molecule has 2 unspecified atom stereocenters. The molecule has 0 spiro atoms. The first kappa shape index (κ1) is 16.7. The molecule has 1 N–H and O–H groups in total. The average molecular weight is 356 g/mol. The summed E-state index contributed by atoms with van der Waals surface area (Å²) < 4.78 is 6.82. The summed E-state index contributed by atoms with van der Waals surface area (Å²) in [4.78, 5) is 6.88. The summed E-state index contributed by atoms with van der Waals surface area (Å²) in [5.74, 6) is 0.962. The van der Waals surface area contributed by atoms with Crippen LogP contribution in [0.25, 0.3) is 0 Å². The van der Waals surface area contributed by atoms with Gasteiger partial charge in [0.25, 0.3) is 0 Å². The topological polar surface area (TPSA) is 37.4 Å². The Labute approximate surface area is 136 Å². The van der Waals surface area contributed by atoms with E-state index in [1.165, 1.54) is 12.0 Å². The zero-order chi connectivity index (χ0) is 15.2. The van der Waals surface area contributed by atoms with Crippen LogP contribution in [0.2, 0.25) is 0 Å². The van der Waals surface area contributed by atoms with E-state index < -0.39 is 0 Å². The van der Waals surface area contributed by atoms with Crippen LogP contribution < -0.4 is 5.32 Å². The second-order valence-electron chi connectivity index (χ2n) is 5.97. The third kappa shape index (κ3) is 5.57. The van der Waals surface area contributed by atoms with Crippen LogP contribution in [-0.4, -0.2) is 48.3 Å². The van der Waals surface area contributed by atoms with Crippen molar-refractivity contribution in [3.05, 3.63) is 22.3 Å². The van der Waals surface area contributed by atoms with Crippen LogP contribution >= 0.6 is 15.9 Å². The number of aryl methyl sites for hydroxylation is 1. The van der Waals surface area contributed by atoms with Gasteiger partial charge in [-0.3, -0.25) is 4.90 Å². The Kier molecular flexibility index (Phi) is 6.45. The highest BCUT2D eigenvalue weighted by molar-refractivity contribution is 9.10. The highest BCUT2D eigenvalue weighted by Crippen LogP contribution is 2.17. The molecule has 4 nitrogen and oxygen atoms in total. The number of pyridine rings is 1. The van der Waals surface area contributed by atoms with Crippen molar-refractivity contribution in [1.82, 2.24) is 9.88 Å². The number of morpholine rings is 1. The summed E-state index contributed by atoms with van der Waals surface area (Å²) in [5, 5.41) is 3.39. The lowest BCUT2D eigenvalue weighted by atomic mass is 10.2. The number of halogens is 1. The Morgan fingerprint density at radius 1 is 1.33 bits per heavy atom. The van der Waals surface area contributed by atoms with E-state index in [4.69, 9.17) is 4.74 Å². The highest BCUT2D eigenvalue weighted by atomic mass is 79.9. The van der Waals surface area contributed by atoms with Crippen molar-refractivity contribution < 1.29 is 4.74 Å². The third-order valence-corrected chi connectivity index (χ3v) is 4.58. The van der Waals surface area contributed by atoms with Crippen molar-refractivity contribution in [2.24, 2.45) is 0 Å². The van der Waals surface area contributed by atoms with Gasteiger partial charge in [0, 0.05) is 30.3 Å². The van der Waals surface area contributed by atoms with Crippen LogP contribution in [0.5, 0.6) is 0 Å². The first-order chi connectivity index (χ1) is 10.0. The highest BCUT2D eigenvalue weighted by Gasteiger charge is 2.21. The smallest absolute Gasteiger partial charge is 0.126 e. The summed E-state index contributed by atoms with van der Waals surface area (Å²) in [6.45, 7) is 10.7. The molecule has 21 heavy (non-hydrogen) atoms. The predicted molar refractivity (Wildman–Crippen MR) is 90.8 cm³/mol. The van der Waals surface area contributed by atoms with Gasteiger partial charge in [0.15, 0.2) is 0 Å². The lowest BCUT2D eigenvalue weighted by Crippen LogP contribution is -2.45. The molecule has 2 heterocycles. The van der Waals surface area contributed by atoms with Crippen molar-refractivity contribution in [3.63, 3.8) is 0 Å². The van der Waals surface area contributed by atoms with Gasteiger partial charge in [-0.25, -0.2) is 4.98 Å². The Hall–Kier alpha value is -0.650. The molecule has 1 aliphatic heterocycles. The van der Waals surface area contributed by atoms with Crippen LogP contribution in [0, 0.1) is 6.92 Å². The van der Waals surface area contributed by atoms with E-state index >= 15 is 0 Å². The average Bonchev–Trinajstić information content (AvgIpc) is 2.41. The Morgan fingerprint density at radius 3 is 2.71 bits per heavy atom. The molecule has 118 valence electrons. The van der Waals surface area contributed by atoms with Gasteiger partial charge in [-0.05, 0) is 67.7 Å². The van der Waals surface area contributed by atoms with Crippen molar-refractivity contribution in [2.75, 3.05) is 31.5 Å². The zero-order valence-corrected chi connectivity index (χ0v) is 14.8. The predicted octanol–water partition coefficient (Wildman–Crippen LogP) is 3.45. The largest absolute Gasteiger partial charge is 0.373 e. The van der Waals surface area contributed by atoms with E-state index in [2.05, 4.69) is 58.0 Å². The first-order valence-corrected chi connectivity index (χ1v) is 8.57. The normalized spacial score (nSPS) is 23.2. The number of nitrogens with zero attached hydrogens (tertiary/aromatic N) is 2. The molecule has 1 aromatic rings. The molecule has 0 saturated carbocycles. The molecule has 0 bridgehead atoms. The summed E-state index contributed by atoms with van der Waals surface area (Å²) >= 11 is 3.47. The Balaban J connectivity index is 1.62. The molecule has 1 aliphatic rings. The van der Waals surface area contributed by atoms with E-state index in [1.54, 1.807) is 0 Å². The number of unbranched alkanes of at least 4 members (excludes halogenated alkanes) is 1. The molecule has 5 heteroatoms. The summed E-state index contributed by atoms with van der Waals surface area (Å²) in [6.07, 6.45) is 4.95. The number of aromatic nitrogens is 1. The number of ether oxygens (including phenoxy) is 1. The molecule has 0 radical (unpaired) electrons. The van der Waals surface area contributed by atoms with Gasteiger partial charge in [0.1, 0.15) is 5.82 Å². The fourth-order valence-corrected chi connectivity index (χ4v) is 3.00. The van der Waals surface area contributed by atoms with Crippen molar-refractivity contribution in [3.8, 4) is 0 Å². The number of nitrogens with one attached hydrogen (secondary N) is 1. The molecule has 2 atom stereocenters. The zero-order valence-electron chi connectivity index (χ0n) is 13.2. The van der Waals surface area contributed by atoms with Gasteiger partial charge < -0.3 is 10.1 Å². The van der Waals surface area contributed by atoms with Crippen LogP contribution in [0.4, 0.5) is 5.82 Å². The molecular formula is C16H26BrN3O. The molecule has 2 rings (SSSR count). The maximum atomic E-state index is 5.76. The summed E-state index contributed by atoms with van der Waals surface area (Å²) in [6, 6.07) is 2.08. The number of anilines is 1. The van der Waals surface area contributed by atoms with Crippen molar-refractivity contribution >= 4 is 21.7 Å². The minimum atomic E-state index is 0.363. The Bertz CT molecular complexity index is 445. The lowest BCUT2D eigenvalue weighted by Gasteiger charge is -2.35. The SMILES string of the molecule is Cc1cc(NCCCCN2CC(C)OC(C)C2)ncc1Br. The molecule has 0 amide bonds. The van der Waals surface area contributed by atoms with Gasteiger partial charge in [0.2, 0.25) is 0 Å². The minimum Gasteiger partial charge on any atom is -0.373 e. The number of rotatable bonds is 6. The number of hydrogen-bond donors (Lipinski definition) is 1. The van der Waals surface area contributed by atoms with Gasteiger partial charge in [-0.2, -0.15) is 0 Å². The van der Waals surface area contributed by atoms with Gasteiger partial charge in [-0.15, -0.1) is 0 Å². The summed E-state index contributed by atoms with van der Waals surface area (Å²) in [7, 11) is 0. The van der Waals surface area contributed by atoms with E-state index in [9.17, 15) is 0 Å². The molecule has 1 aromatic heterocycles. The van der Waals surface area contributed by atoms with Gasteiger partial charge in [-0.1, -0.05) is 0 Å². The summed E-state index contributed by atoms with van der Waals surface area (Å²) in [5.41, 5.74) is 1.21. The Morgan fingerprint density at radius 2 is 2.05 bits per heavy atom. The van der Waals surface area contributed by atoms with E-state index in [0.717, 1.165) is 42.9 Å². The molecule has 0 aliphatic carbocycles. The molecule has 0 aromatic carbocycles. The second kappa shape index (κ2) is 8.11. The van der Waals surface area contributed by atoms with Gasteiger partial charge >= 0.3 is 0 Å². The monoisotopic (exact) mass is 355 g/mol. The van der Waals surface area contributed by atoms with E-state index in [1.807, 2.05) is 6.20 Å². The first-order valence-electron chi connectivity index (χ1n) is 7.78. The molecule has 1 saturated heterocycles. The van der Waals surface area contributed by atoms with Crippen LogP contribution in [0.3, 0.4) is 0 Å². The standard InChI is InChI=1S/C16H26BrN3O/c1-12-8-16(19-9-15(12)17)18-6-4-5-7-20-10-13(2)21-14(3)11-20/h8-9,13-14H,4-7,10-11H2,1-3H3,(H,18,19). The molecular weight excluding hydrogens is 330 g/mol. The fraction of sp³-hybridized carbons (Fsp3) is 0.688. The number of hydrogen-bond acceptors (Lipinski definition) is 4. The third-order valence-electron chi connectivity index (χ3n) is 3.75. The quantitative estimate of drug-likeness (QED) is 0.793. The van der Waals surface area contributed by atoms with Gasteiger partial charge in [0.05, 0.1) is 12.2 Å². The van der Waals surface area contributed by atoms with Crippen LogP contribution in [0.1, 0.15) is 32.3 Å². The minimum absolute atomic E-state index is 0.363. The van der Waals surface area contributed by atoms with Crippen molar-refractivity contribution in [2.45, 2.75) is 45.8 Å². The van der Waals surface area contributed by atoms with Crippen LogP contribution in [0.15, 0.2) is 16.7 Å². The van der Waals surface area contributed by atoms with Crippen LogP contribution in [-0.2, 0) is 4.74 Å². The van der Waals surface area contributed by atoms with E-state index in [0.29, 0.717) is 12.2 Å². The maximum absolute atomic E-state index is 5.76. The fourth-order valence-electron chi connectivity index (χ4n) is 2.78. The second-order valence-corrected chi connectivity index (χ2v) is 6.82. The van der Waals surface area contributed by atoms with E-state index in [-0.39, 0.29) is 0 Å². The lowest BCUT2D eigenvalue weighted by molar-refractivity contribution is -0.0681. The molecule has 1 fully saturated rings. The maximum Gasteiger partial charge on any atom is 0.126 e. The van der Waals surface area contributed by atoms with Crippen molar-refractivity contribution in [1.29, 1.82) is 0 Å².